The number of rotatable bonds is 4. The summed E-state index contributed by atoms with van der Waals surface area (Å²) in [5.74, 6) is -0.511. The highest BCUT2D eigenvalue weighted by Crippen LogP contribution is 2.30. The number of hydrogen-bond donors (Lipinski definition) is 0. The molecule has 1 aromatic carbocycles. The first-order valence-electron chi connectivity index (χ1n) is 7.19. The van der Waals surface area contributed by atoms with Gasteiger partial charge in [0.05, 0.1) is 13.2 Å². The second kappa shape index (κ2) is 8.10. The van der Waals surface area contributed by atoms with Crippen molar-refractivity contribution in [3.8, 4) is 0 Å². The number of esters is 1. The molecule has 116 valence electrons. The smallest absolute Gasteiger partial charge is 0.315 e. The molecule has 0 amide bonds. The van der Waals surface area contributed by atoms with Gasteiger partial charge in [0.15, 0.2) is 0 Å². The highest BCUT2D eigenvalue weighted by atomic mass is 19.1. The van der Waals surface area contributed by atoms with Gasteiger partial charge in [0.1, 0.15) is 18.7 Å². The lowest BCUT2D eigenvalue weighted by Crippen LogP contribution is -2.37. The minimum Gasteiger partial charge on any atom is -0.460 e. The van der Waals surface area contributed by atoms with Crippen molar-refractivity contribution in [2.24, 2.45) is 5.41 Å². The van der Waals surface area contributed by atoms with Gasteiger partial charge in [-0.15, -0.1) is 0 Å². The van der Waals surface area contributed by atoms with Gasteiger partial charge in [0.25, 0.3) is 0 Å². The second-order valence-corrected chi connectivity index (χ2v) is 5.20. The zero-order valence-electron chi connectivity index (χ0n) is 12.1. The largest absolute Gasteiger partial charge is 0.460 e. The first kappa shape index (κ1) is 15.9. The van der Waals surface area contributed by atoms with E-state index in [2.05, 4.69) is 0 Å². The molecule has 5 heteroatoms. The maximum Gasteiger partial charge on any atom is 0.315 e. The Morgan fingerprint density at radius 2 is 1.71 bits per heavy atom. The predicted molar refractivity (Wildman–Crippen MR) is 75.5 cm³/mol. The zero-order chi connectivity index (χ0) is 15.0. The molecular weight excluding hydrogens is 275 g/mol. The van der Waals surface area contributed by atoms with Gasteiger partial charge in [-0.1, -0.05) is 30.3 Å². The molecule has 0 bridgehead atoms. The van der Waals surface area contributed by atoms with Crippen molar-refractivity contribution < 1.29 is 23.4 Å². The van der Waals surface area contributed by atoms with Crippen molar-refractivity contribution >= 4 is 5.97 Å². The van der Waals surface area contributed by atoms with Crippen molar-refractivity contribution in [2.75, 3.05) is 33.1 Å². The SMILES string of the molecule is O=C(OCc1ccccc1)C1(CF)CCOCCOCC1. The summed E-state index contributed by atoms with van der Waals surface area (Å²) >= 11 is 0. The predicted octanol–water partition coefficient (Wildman–Crippen LogP) is 2.51. The molecule has 0 spiro atoms. The van der Waals surface area contributed by atoms with Crippen molar-refractivity contribution in [2.45, 2.75) is 19.4 Å². The molecule has 0 unspecified atom stereocenters. The van der Waals surface area contributed by atoms with Crippen LogP contribution in [0, 0.1) is 5.41 Å². The highest BCUT2D eigenvalue weighted by Gasteiger charge is 2.40. The van der Waals surface area contributed by atoms with E-state index in [1.54, 1.807) is 0 Å². The van der Waals surface area contributed by atoms with Gasteiger partial charge in [-0.25, -0.2) is 4.39 Å². The lowest BCUT2D eigenvalue weighted by Gasteiger charge is -2.27. The average molecular weight is 296 g/mol. The van der Waals surface area contributed by atoms with Crippen LogP contribution in [0.15, 0.2) is 30.3 Å². The highest BCUT2D eigenvalue weighted by molar-refractivity contribution is 5.77. The third kappa shape index (κ3) is 4.51. The van der Waals surface area contributed by atoms with Crippen LogP contribution in [0.1, 0.15) is 18.4 Å². The number of ether oxygens (including phenoxy) is 3. The molecule has 1 aliphatic rings. The third-order valence-corrected chi connectivity index (χ3v) is 3.72. The topological polar surface area (TPSA) is 44.8 Å². The molecule has 0 N–H and O–H groups in total. The summed E-state index contributed by atoms with van der Waals surface area (Å²) in [4.78, 5) is 12.3. The summed E-state index contributed by atoms with van der Waals surface area (Å²) < 4.78 is 29.5. The van der Waals surface area contributed by atoms with E-state index in [4.69, 9.17) is 14.2 Å². The first-order chi connectivity index (χ1) is 10.3. The molecule has 1 aromatic rings. The number of benzene rings is 1. The van der Waals surface area contributed by atoms with Crippen molar-refractivity contribution in [1.29, 1.82) is 0 Å². The van der Waals surface area contributed by atoms with E-state index < -0.39 is 18.1 Å². The standard InChI is InChI=1S/C16H21FO4/c17-13-16(6-8-19-10-11-20-9-7-16)15(18)21-12-14-4-2-1-3-5-14/h1-5H,6-13H2. The Morgan fingerprint density at radius 1 is 1.10 bits per heavy atom. The molecule has 0 radical (unpaired) electrons. The third-order valence-electron chi connectivity index (χ3n) is 3.72. The average Bonchev–Trinajstić information content (AvgIpc) is 2.66. The second-order valence-electron chi connectivity index (χ2n) is 5.20. The van der Waals surface area contributed by atoms with Crippen LogP contribution in [0.25, 0.3) is 0 Å². The molecule has 0 saturated carbocycles. The minimum absolute atomic E-state index is 0.156. The molecule has 2 rings (SSSR count). The number of hydrogen-bond acceptors (Lipinski definition) is 4. The zero-order valence-corrected chi connectivity index (χ0v) is 12.1. The fourth-order valence-corrected chi connectivity index (χ4v) is 2.25. The van der Waals surface area contributed by atoms with Crippen LogP contribution in [0.5, 0.6) is 0 Å². The Labute approximate surface area is 124 Å². The van der Waals surface area contributed by atoms with E-state index in [0.717, 1.165) is 5.56 Å². The van der Waals surface area contributed by atoms with E-state index in [9.17, 15) is 9.18 Å². The van der Waals surface area contributed by atoms with Crippen LogP contribution in [-0.2, 0) is 25.6 Å². The summed E-state index contributed by atoms with van der Waals surface area (Å²) in [5, 5.41) is 0. The molecule has 21 heavy (non-hydrogen) atoms. The van der Waals surface area contributed by atoms with Crippen LogP contribution in [0.2, 0.25) is 0 Å². The minimum atomic E-state index is -1.15. The molecular formula is C16H21FO4. The molecule has 0 aliphatic carbocycles. The summed E-state index contributed by atoms with van der Waals surface area (Å²) in [6.07, 6.45) is 0.640. The van der Waals surface area contributed by atoms with E-state index in [1.807, 2.05) is 30.3 Å². The molecule has 1 heterocycles. The van der Waals surface area contributed by atoms with E-state index >= 15 is 0 Å². The molecule has 1 fully saturated rings. The Morgan fingerprint density at radius 3 is 2.29 bits per heavy atom. The monoisotopic (exact) mass is 296 g/mol. The molecule has 0 aromatic heterocycles. The lowest BCUT2D eigenvalue weighted by atomic mass is 9.83. The van der Waals surface area contributed by atoms with E-state index in [-0.39, 0.29) is 6.61 Å². The van der Waals surface area contributed by atoms with Gasteiger partial charge in [-0.3, -0.25) is 4.79 Å². The Kier molecular flexibility index (Phi) is 6.14. The Hall–Kier alpha value is -1.46. The van der Waals surface area contributed by atoms with Crippen LogP contribution >= 0.6 is 0 Å². The summed E-state index contributed by atoms with van der Waals surface area (Å²) in [7, 11) is 0. The first-order valence-corrected chi connectivity index (χ1v) is 7.19. The lowest BCUT2D eigenvalue weighted by molar-refractivity contribution is -0.160. The number of carbonyl (C=O) groups is 1. The summed E-state index contributed by atoms with van der Waals surface area (Å²) in [6, 6.07) is 9.36. The quantitative estimate of drug-likeness (QED) is 0.801. The number of alkyl halides is 1. The van der Waals surface area contributed by atoms with Crippen molar-refractivity contribution in [3.63, 3.8) is 0 Å². The molecule has 1 aliphatic heterocycles. The van der Waals surface area contributed by atoms with Crippen molar-refractivity contribution in [3.05, 3.63) is 35.9 Å². The fourth-order valence-electron chi connectivity index (χ4n) is 2.25. The Bertz CT molecular complexity index is 425. The van der Waals surface area contributed by atoms with Crippen LogP contribution in [0.3, 0.4) is 0 Å². The molecule has 1 saturated heterocycles. The molecule has 0 atom stereocenters. The fraction of sp³-hybridized carbons (Fsp3) is 0.562. The van der Waals surface area contributed by atoms with Gasteiger partial charge in [-0.2, -0.15) is 0 Å². The van der Waals surface area contributed by atoms with E-state index in [1.165, 1.54) is 0 Å². The van der Waals surface area contributed by atoms with Gasteiger partial charge < -0.3 is 14.2 Å². The van der Waals surface area contributed by atoms with Gasteiger partial charge in [-0.05, 0) is 18.4 Å². The van der Waals surface area contributed by atoms with Crippen LogP contribution in [0.4, 0.5) is 4.39 Å². The number of carbonyl (C=O) groups excluding carboxylic acids is 1. The summed E-state index contributed by atoms with van der Waals surface area (Å²) in [6.45, 7) is 1.03. The van der Waals surface area contributed by atoms with Gasteiger partial charge in [0.2, 0.25) is 0 Å². The van der Waals surface area contributed by atoms with Crippen molar-refractivity contribution in [1.82, 2.24) is 0 Å². The van der Waals surface area contributed by atoms with Gasteiger partial charge in [0, 0.05) is 13.2 Å². The van der Waals surface area contributed by atoms with Crippen LogP contribution < -0.4 is 0 Å². The van der Waals surface area contributed by atoms with E-state index in [0.29, 0.717) is 39.3 Å². The van der Waals surface area contributed by atoms with Gasteiger partial charge >= 0.3 is 5.97 Å². The normalized spacial score (nSPS) is 19.1. The molecule has 4 nitrogen and oxygen atoms in total. The maximum absolute atomic E-state index is 13.5. The maximum atomic E-state index is 13.5. The van der Waals surface area contributed by atoms with Crippen LogP contribution in [-0.4, -0.2) is 39.1 Å². The summed E-state index contributed by atoms with van der Waals surface area (Å²) in [5.41, 5.74) is -0.269. The number of halogens is 1. The Balaban J connectivity index is 1.97.